The smallest absolute Gasteiger partial charge is 0.393 e. The number of aliphatic hydroxyl groups excluding tert-OH is 1. The number of nitrogens with one attached hydrogen (secondary N) is 1. The number of amides is 1. The Morgan fingerprint density at radius 1 is 1.47 bits per heavy atom. The number of halogens is 4. The van der Waals surface area contributed by atoms with E-state index in [4.69, 9.17) is 5.11 Å². The molecule has 0 aliphatic carbocycles. The topological polar surface area (TPSA) is 49.3 Å². The minimum atomic E-state index is -4.54. The third-order valence-corrected chi connectivity index (χ3v) is 2.84. The summed E-state index contributed by atoms with van der Waals surface area (Å²) in [6.45, 7) is 1.51. The first kappa shape index (κ1) is 16.0. The molecule has 0 saturated heterocycles. The molecule has 0 aromatic heterocycles. The van der Waals surface area contributed by atoms with Crippen molar-refractivity contribution in [2.45, 2.75) is 32.0 Å². The number of carbonyl (C=O) groups excluding carboxylic acids is 1. The Bertz CT molecular complexity index is 461. The van der Waals surface area contributed by atoms with Crippen LogP contribution >= 0.6 is 15.9 Å². The fraction of sp³-hybridized carbons (Fsp3) is 0.417. The molecule has 2 N–H and O–H groups in total. The van der Waals surface area contributed by atoms with Gasteiger partial charge in [-0.3, -0.25) is 4.79 Å². The van der Waals surface area contributed by atoms with Crippen molar-refractivity contribution in [1.29, 1.82) is 0 Å². The van der Waals surface area contributed by atoms with E-state index in [1.165, 1.54) is 19.1 Å². The Morgan fingerprint density at radius 2 is 2.11 bits per heavy atom. The standard InChI is InChI=1S/C12H13BrF3NO2/c1-7(18)2-5-11(19)17-10-4-3-8(13)6-9(10)12(14,15)16/h3-4,6-7,18H,2,5H2,1H3,(H,17,19). The minimum Gasteiger partial charge on any atom is -0.393 e. The molecule has 1 atom stereocenters. The fourth-order valence-electron chi connectivity index (χ4n) is 1.41. The lowest BCUT2D eigenvalue weighted by atomic mass is 10.1. The van der Waals surface area contributed by atoms with Crippen LogP contribution in [0, 0.1) is 0 Å². The summed E-state index contributed by atoms with van der Waals surface area (Å²) in [5.41, 5.74) is -1.20. The van der Waals surface area contributed by atoms with Crippen LogP contribution in [0.5, 0.6) is 0 Å². The average molecular weight is 340 g/mol. The zero-order valence-corrected chi connectivity index (χ0v) is 11.7. The molecular formula is C12H13BrF3NO2. The molecule has 0 bridgehead atoms. The zero-order chi connectivity index (χ0) is 14.6. The predicted octanol–water partition coefficient (Wildman–Crippen LogP) is 3.57. The number of anilines is 1. The largest absolute Gasteiger partial charge is 0.418 e. The van der Waals surface area contributed by atoms with E-state index in [0.717, 1.165) is 6.07 Å². The van der Waals surface area contributed by atoms with Crippen molar-refractivity contribution in [3.8, 4) is 0 Å². The first-order valence-corrected chi connectivity index (χ1v) is 6.34. The first-order valence-electron chi connectivity index (χ1n) is 5.55. The molecule has 0 heterocycles. The molecule has 3 nitrogen and oxygen atoms in total. The molecule has 1 unspecified atom stereocenters. The lowest BCUT2D eigenvalue weighted by Crippen LogP contribution is -2.17. The second kappa shape index (κ2) is 6.38. The molecule has 1 aromatic carbocycles. The molecule has 7 heteroatoms. The summed E-state index contributed by atoms with van der Waals surface area (Å²) < 4.78 is 38.6. The van der Waals surface area contributed by atoms with E-state index >= 15 is 0 Å². The Kier molecular flexibility index (Phi) is 5.37. The van der Waals surface area contributed by atoms with Gasteiger partial charge in [0.05, 0.1) is 17.4 Å². The van der Waals surface area contributed by atoms with Crippen molar-refractivity contribution >= 4 is 27.5 Å². The highest BCUT2D eigenvalue weighted by molar-refractivity contribution is 9.10. The molecular weight excluding hydrogens is 327 g/mol. The second-order valence-corrected chi connectivity index (χ2v) is 5.04. The highest BCUT2D eigenvalue weighted by atomic mass is 79.9. The quantitative estimate of drug-likeness (QED) is 0.880. The third kappa shape index (κ3) is 5.20. The van der Waals surface area contributed by atoms with E-state index in [1.807, 2.05) is 0 Å². The molecule has 1 amide bonds. The molecule has 0 radical (unpaired) electrons. The normalized spacial score (nSPS) is 13.2. The van der Waals surface area contributed by atoms with E-state index in [9.17, 15) is 18.0 Å². The monoisotopic (exact) mass is 339 g/mol. The van der Waals surface area contributed by atoms with Crippen LogP contribution in [0.4, 0.5) is 18.9 Å². The molecule has 1 rings (SSSR count). The van der Waals surface area contributed by atoms with E-state index < -0.39 is 23.8 Å². The van der Waals surface area contributed by atoms with Crippen molar-refractivity contribution < 1.29 is 23.1 Å². The van der Waals surface area contributed by atoms with Gasteiger partial charge >= 0.3 is 6.18 Å². The molecule has 0 fully saturated rings. The van der Waals surface area contributed by atoms with Crippen LogP contribution in [0.15, 0.2) is 22.7 Å². The lowest BCUT2D eigenvalue weighted by Gasteiger charge is -2.14. The molecule has 0 saturated carbocycles. The SMILES string of the molecule is CC(O)CCC(=O)Nc1ccc(Br)cc1C(F)(F)F. The Balaban J connectivity index is 2.86. The average Bonchev–Trinajstić information content (AvgIpc) is 2.27. The van der Waals surface area contributed by atoms with Gasteiger partial charge in [-0.25, -0.2) is 0 Å². The van der Waals surface area contributed by atoms with Crippen LogP contribution in [0.2, 0.25) is 0 Å². The summed E-state index contributed by atoms with van der Waals surface area (Å²) in [5.74, 6) is -0.561. The van der Waals surface area contributed by atoms with Gasteiger partial charge in [-0.05, 0) is 31.5 Å². The number of rotatable bonds is 4. The van der Waals surface area contributed by atoms with Crippen molar-refractivity contribution in [3.05, 3.63) is 28.2 Å². The van der Waals surface area contributed by atoms with Gasteiger partial charge in [0, 0.05) is 10.9 Å². The van der Waals surface area contributed by atoms with Crippen LogP contribution < -0.4 is 5.32 Å². The Morgan fingerprint density at radius 3 is 2.63 bits per heavy atom. The van der Waals surface area contributed by atoms with Gasteiger partial charge < -0.3 is 10.4 Å². The van der Waals surface area contributed by atoms with Gasteiger partial charge in [0.1, 0.15) is 0 Å². The summed E-state index contributed by atoms with van der Waals surface area (Å²) in [5, 5.41) is 11.2. The van der Waals surface area contributed by atoms with Crippen LogP contribution in [0.3, 0.4) is 0 Å². The maximum atomic E-state index is 12.8. The van der Waals surface area contributed by atoms with Crippen molar-refractivity contribution in [2.75, 3.05) is 5.32 Å². The van der Waals surface area contributed by atoms with Crippen LogP contribution in [0.1, 0.15) is 25.3 Å². The maximum absolute atomic E-state index is 12.8. The summed E-state index contributed by atoms with van der Waals surface area (Å²) in [4.78, 5) is 11.5. The zero-order valence-electron chi connectivity index (χ0n) is 10.1. The molecule has 19 heavy (non-hydrogen) atoms. The predicted molar refractivity (Wildman–Crippen MR) is 68.7 cm³/mol. The van der Waals surface area contributed by atoms with Crippen molar-refractivity contribution in [2.24, 2.45) is 0 Å². The van der Waals surface area contributed by atoms with Gasteiger partial charge in [0.2, 0.25) is 5.91 Å². The molecule has 106 valence electrons. The van der Waals surface area contributed by atoms with Gasteiger partial charge in [-0.1, -0.05) is 15.9 Å². The number of benzene rings is 1. The van der Waals surface area contributed by atoms with Gasteiger partial charge in [0.15, 0.2) is 0 Å². The first-order chi connectivity index (χ1) is 8.70. The highest BCUT2D eigenvalue weighted by Crippen LogP contribution is 2.36. The Labute approximate surface area is 116 Å². The molecule has 0 spiro atoms. The number of hydrogen-bond donors (Lipinski definition) is 2. The van der Waals surface area contributed by atoms with Crippen LogP contribution in [0.25, 0.3) is 0 Å². The summed E-state index contributed by atoms with van der Waals surface area (Å²) in [7, 11) is 0. The number of carbonyl (C=O) groups is 1. The molecule has 0 aliphatic heterocycles. The summed E-state index contributed by atoms with van der Waals surface area (Å²) >= 11 is 2.96. The van der Waals surface area contributed by atoms with E-state index in [2.05, 4.69) is 21.2 Å². The van der Waals surface area contributed by atoms with Crippen LogP contribution in [-0.2, 0) is 11.0 Å². The Hall–Kier alpha value is -1.08. The van der Waals surface area contributed by atoms with Crippen molar-refractivity contribution in [3.63, 3.8) is 0 Å². The maximum Gasteiger partial charge on any atom is 0.418 e. The molecule has 1 aromatic rings. The number of alkyl halides is 3. The van der Waals surface area contributed by atoms with Crippen LogP contribution in [-0.4, -0.2) is 17.1 Å². The van der Waals surface area contributed by atoms with Gasteiger partial charge in [0.25, 0.3) is 0 Å². The highest BCUT2D eigenvalue weighted by Gasteiger charge is 2.34. The number of hydrogen-bond acceptors (Lipinski definition) is 2. The number of aliphatic hydroxyl groups is 1. The molecule has 0 aliphatic rings. The lowest BCUT2D eigenvalue weighted by molar-refractivity contribution is -0.137. The fourth-order valence-corrected chi connectivity index (χ4v) is 1.77. The van der Waals surface area contributed by atoms with Crippen molar-refractivity contribution in [1.82, 2.24) is 0 Å². The second-order valence-electron chi connectivity index (χ2n) is 4.12. The van der Waals surface area contributed by atoms with Gasteiger partial charge in [-0.2, -0.15) is 13.2 Å². The summed E-state index contributed by atoms with van der Waals surface area (Å²) in [6.07, 6.45) is -5.05. The minimum absolute atomic E-state index is 0.0367. The third-order valence-electron chi connectivity index (χ3n) is 2.35. The van der Waals surface area contributed by atoms with E-state index in [0.29, 0.717) is 0 Å². The summed E-state index contributed by atoms with van der Waals surface area (Å²) in [6, 6.07) is 3.51. The van der Waals surface area contributed by atoms with E-state index in [1.54, 1.807) is 0 Å². The van der Waals surface area contributed by atoms with E-state index in [-0.39, 0.29) is 23.0 Å². The van der Waals surface area contributed by atoms with Gasteiger partial charge in [-0.15, -0.1) is 0 Å².